The number of hydrogen-bond donors (Lipinski definition) is 1. The largest absolute Gasteiger partial charge is 0.369 e. The van der Waals surface area contributed by atoms with Crippen LogP contribution in [-0.4, -0.2) is 37.5 Å². The Hall–Kier alpha value is -0.620. The fourth-order valence-electron chi connectivity index (χ4n) is 0.836. The van der Waals surface area contributed by atoms with Crippen molar-refractivity contribution >= 4 is 15.9 Å². The number of rotatable bonds is 4. The van der Waals surface area contributed by atoms with E-state index in [2.05, 4.69) is 0 Å². The minimum absolute atomic E-state index is 0.243. The summed E-state index contributed by atoms with van der Waals surface area (Å²) in [5.74, 6) is -0.644. The molecule has 0 radical (unpaired) electrons. The van der Waals surface area contributed by atoms with Crippen molar-refractivity contribution in [2.45, 2.75) is 19.9 Å². The zero-order chi connectivity index (χ0) is 9.94. The van der Waals surface area contributed by atoms with E-state index in [0.29, 0.717) is 0 Å². The highest BCUT2D eigenvalue weighted by Crippen LogP contribution is 2.03. The molecule has 0 aliphatic carbocycles. The molecule has 2 N–H and O–H groups in total. The maximum Gasteiger partial charge on any atom is 0.232 e. The number of primary amides is 1. The van der Waals surface area contributed by atoms with E-state index in [1.807, 2.05) is 0 Å². The van der Waals surface area contributed by atoms with Gasteiger partial charge in [0.1, 0.15) is 0 Å². The molecule has 0 spiro atoms. The van der Waals surface area contributed by atoms with E-state index in [0.717, 1.165) is 10.6 Å². The lowest BCUT2D eigenvalue weighted by molar-refractivity contribution is -0.118. The van der Waals surface area contributed by atoms with Crippen LogP contribution in [0.1, 0.15) is 13.8 Å². The molecule has 0 saturated heterocycles. The molecule has 0 aromatic heterocycles. The van der Waals surface area contributed by atoms with E-state index in [9.17, 15) is 13.2 Å². The molecule has 0 aliphatic rings. The van der Waals surface area contributed by atoms with Gasteiger partial charge in [0.15, 0.2) is 0 Å². The lowest BCUT2D eigenvalue weighted by Gasteiger charge is -2.21. The summed E-state index contributed by atoms with van der Waals surface area (Å²) >= 11 is 0. The number of amides is 1. The van der Waals surface area contributed by atoms with Crippen molar-refractivity contribution in [1.82, 2.24) is 4.31 Å². The van der Waals surface area contributed by atoms with Crippen LogP contribution in [0, 0.1) is 0 Å². The Bertz CT molecular complexity index is 258. The summed E-state index contributed by atoms with van der Waals surface area (Å²) in [4.78, 5) is 10.5. The zero-order valence-corrected chi connectivity index (χ0v) is 8.26. The van der Waals surface area contributed by atoms with Gasteiger partial charge in [-0.05, 0) is 13.8 Å². The highest BCUT2D eigenvalue weighted by Gasteiger charge is 2.21. The zero-order valence-electron chi connectivity index (χ0n) is 7.44. The van der Waals surface area contributed by atoms with Crippen molar-refractivity contribution in [3.05, 3.63) is 0 Å². The quantitative estimate of drug-likeness (QED) is 0.632. The molecular weight excluding hydrogens is 180 g/mol. The second-order valence-electron chi connectivity index (χ2n) is 2.87. The number of hydrogen-bond acceptors (Lipinski definition) is 3. The molecular formula is C6H14N2O3S. The van der Waals surface area contributed by atoms with Crippen molar-refractivity contribution in [3.63, 3.8) is 0 Å². The maximum absolute atomic E-state index is 11.0. The Morgan fingerprint density at radius 3 is 2.00 bits per heavy atom. The Kier molecular flexibility index (Phi) is 3.66. The van der Waals surface area contributed by atoms with Gasteiger partial charge < -0.3 is 5.73 Å². The standard InChI is InChI=1S/C6H14N2O3S/c1-5(2)8(4-6(7)9)12(3,10)11/h5H,4H2,1-3H3,(H2,7,9). The molecule has 0 heterocycles. The number of nitrogens with two attached hydrogens (primary N) is 1. The molecule has 12 heavy (non-hydrogen) atoms. The van der Waals surface area contributed by atoms with Gasteiger partial charge in [0.25, 0.3) is 0 Å². The average Bonchev–Trinajstić information content (AvgIpc) is 1.79. The molecule has 0 atom stereocenters. The first kappa shape index (κ1) is 11.4. The Labute approximate surface area is 72.6 Å². The smallest absolute Gasteiger partial charge is 0.232 e. The summed E-state index contributed by atoms with van der Waals surface area (Å²) < 4.78 is 23.1. The first-order valence-electron chi connectivity index (χ1n) is 3.50. The molecule has 0 saturated carbocycles. The van der Waals surface area contributed by atoms with Crippen LogP contribution in [0.25, 0.3) is 0 Å². The lowest BCUT2D eigenvalue weighted by atomic mass is 10.4. The van der Waals surface area contributed by atoms with Crippen LogP contribution in [0.4, 0.5) is 0 Å². The van der Waals surface area contributed by atoms with Gasteiger partial charge in [-0.1, -0.05) is 0 Å². The first-order chi connectivity index (χ1) is 5.25. The van der Waals surface area contributed by atoms with E-state index in [1.54, 1.807) is 13.8 Å². The third kappa shape index (κ3) is 3.68. The Morgan fingerprint density at radius 1 is 1.50 bits per heavy atom. The van der Waals surface area contributed by atoms with Crippen molar-refractivity contribution < 1.29 is 13.2 Å². The van der Waals surface area contributed by atoms with Crippen LogP contribution in [0.5, 0.6) is 0 Å². The summed E-state index contributed by atoms with van der Waals surface area (Å²) in [6.07, 6.45) is 1.05. The van der Waals surface area contributed by atoms with Gasteiger partial charge in [-0.3, -0.25) is 4.79 Å². The second-order valence-corrected chi connectivity index (χ2v) is 4.80. The van der Waals surface area contributed by atoms with Crippen molar-refractivity contribution in [3.8, 4) is 0 Å². The van der Waals surface area contributed by atoms with Gasteiger partial charge >= 0.3 is 0 Å². The molecule has 0 unspecified atom stereocenters. The van der Waals surface area contributed by atoms with E-state index >= 15 is 0 Å². The molecule has 0 bridgehead atoms. The van der Waals surface area contributed by atoms with Gasteiger partial charge in [-0.15, -0.1) is 0 Å². The summed E-state index contributed by atoms with van der Waals surface area (Å²) in [5.41, 5.74) is 4.88. The molecule has 0 aromatic carbocycles. The number of carbonyl (C=O) groups is 1. The minimum Gasteiger partial charge on any atom is -0.369 e. The molecule has 0 aromatic rings. The Morgan fingerprint density at radius 2 is 1.92 bits per heavy atom. The predicted octanol–water partition coefficient (Wildman–Crippen LogP) is -0.858. The molecule has 0 aliphatic heterocycles. The van der Waals surface area contributed by atoms with Gasteiger partial charge in [0.2, 0.25) is 15.9 Å². The van der Waals surface area contributed by atoms with E-state index < -0.39 is 15.9 Å². The van der Waals surface area contributed by atoms with Crippen molar-refractivity contribution in [1.29, 1.82) is 0 Å². The maximum atomic E-state index is 11.0. The van der Waals surface area contributed by atoms with Gasteiger partial charge in [-0.2, -0.15) is 4.31 Å². The highest BCUT2D eigenvalue weighted by atomic mass is 32.2. The van der Waals surface area contributed by atoms with Crippen LogP contribution in [0.15, 0.2) is 0 Å². The van der Waals surface area contributed by atoms with Gasteiger partial charge in [0.05, 0.1) is 12.8 Å². The topological polar surface area (TPSA) is 80.5 Å². The van der Waals surface area contributed by atoms with Gasteiger partial charge in [0, 0.05) is 6.04 Å². The van der Waals surface area contributed by atoms with Crippen LogP contribution >= 0.6 is 0 Å². The summed E-state index contributed by atoms with van der Waals surface area (Å²) in [6.45, 7) is 3.12. The van der Waals surface area contributed by atoms with Crippen LogP contribution < -0.4 is 5.73 Å². The third-order valence-corrected chi connectivity index (χ3v) is 2.72. The predicted molar refractivity (Wildman–Crippen MR) is 45.9 cm³/mol. The van der Waals surface area contributed by atoms with Crippen LogP contribution in [0.2, 0.25) is 0 Å². The number of sulfonamides is 1. The minimum atomic E-state index is -3.33. The highest BCUT2D eigenvalue weighted by molar-refractivity contribution is 7.88. The third-order valence-electron chi connectivity index (χ3n) is 1.31. The second kappa shape index (κ2) is 3.86. The molecule has 1 amide bonds. The van der Waals surface area contributed by atoms with E-state index in [4.69, 9.17) is 5.73 Å². The van der Waals surface area contributed by atoms with E-state index in [1.165, 1.54) is 0 Å². The molecule has 0 fully saturated rings. The first-order valence-corrected chi connectivity index (χ1v) is 5.35. The average molecular weight is 194 g/mol. The van der Waals surface area contributed by atoms with E-state index in [-0.39, 0.29) is 12.6 Å². The summed E-state index contributed by atoms with van der Waals surface area (Å²) in [5, 5.41) is 0. The van der Waals surface area contributed by atoms with Crippen molar-refractivity contribution in [2.24, 2.45) is 5.73 Å². The molecule has 5 nitrogen and oxygen atoms in total. The lowest BCUT2D eigenvalue weighted by Crippen LogP contribution is -2.42. The summed E-state index contributed by atoms with van der Waals surface area (Å²) in [7, 11) is -3.33. The summed E-state index contributed by atoms with van der Waals surface area (Å²) in [6, 6.07) is -0.243. The Balaban J connectivity index is 4.58. The molecule has 72 valence electrons. The fourth-order valence-corrected chi connectivity index (χ4v) is 1.96. The molecule has 6 heteroatoms. The number of nitrogens with zero attached hydrogens (tertiary/aromatic N) is 1. The normalized spacial score (nSPS) is 12.4. The fraction of sp³-hybridized carbons (Fsp3) is 0.833. The van der Waals surface area contributed by atoms with Crippen LogP contribution in [0.3, 0.4) is 0 Å². The monoisotopic (exact) mass is 194 g/mol. The van der Waals surface area contributed by atoms with Gasteiger partial charge in [-0.25, -0.2) is 8.42 Å². The number of carbonyl (C=O) groups excluding carboxylic acids is 1. The van der Waals surface area contributed by atoms with Crippen molar-refractivity contribution in [2.75, 3.05) is 12.8 Å². The SMILES string of the molecule is CC(C)N(CC(N)=O)S(C)(=O)=O. The van der Waals surface area contributed by atoms with Crippen LogP contribution in [-0.2, 0) is 14.8 Å². The molecule has 0 rings (SSSR count).